The van der Waals surface area contributed by atoms with Crippen LogP contribution in [0.15, 0.2) is 33.9 Å². The molecule has 6 nitrogen and oxygen atoms in total. The van der Waals surface area contributed by atoms with Crippen LogP contribution in [0.5, 0.6) is 0 Å². The van der Waals surface area contributed by atoms with Crippen LogP contribution >= 0.6 is 23.4 Å². The van der Waals surface area contributed by atoms with Gasteiger partial charge >= 0.3 is 0 Å². The number of aromatic nitrogens is 5. The van der Waals surface area contributed by atoms with Crippen LogP contribution in [0.2, 0.25) is 5.02 Å². The Morgan fingerprint density at radius 3 is 2.84 bits per heavy atom. The zero-order chi connectivity index (χ0) is 16.8. The molecule has 0 N–H and O–H groups in total. The summed E-state index contributed by atoms with van der Waals surface area (Å²) in [5, 5.41) is 14.5. The quantitative estimate of drug-likeness (QED) is 0.593. The average Bonchev–Trinajstić information content (AvgIpc) is 3.55. The summed E-state index contributed by atoms with van der Waals surface area (Å²) in [6.07, 6.45) is 4.93. The van der Waals surface area contributed by atoms with Gasteiger partial charge in [0.05, 0.1) is 5.75 Å². The number of hydrogen-bond donors (Lipinski definition) is 0. The fraction of sp³-hybridized carbons (Fsp3) is 0.412. The van der Waals surface area contributed by atoms with E-state index in [9.17, 15) is 0 Å². The third kappa shape index (κ3) is 3.18. The highest BCUT2D eigenvalue weighted by Crippen LogP contribution is 2.46. The third-order valence-corrected chi connectivity index (χ3v) is 5.58. The van der Waals surface area contributed by atoms with Gasteiger partial charge in [0.15, 0.2) is 5.16 Å². The first kappa shape index (κ1) is 15.4. The summed E-state index contributed by atoms with van der Waals surface area (Å²) >= 11 is 7.63. The molecule has 2 aliphatic carbocycles. The minimum Gasteiger partial charge on any atom is -0.338 e. The maximum absolute atomic E-state index is 6.02. The minimum atomic E-state index is 0.556. The first-order chi connectivity index (χ1) is 12.3. The van der Waals surface area contributed by atoms with Gasteiger partial charge in [0.25, 0.3) is 0 Å². The van der Waals surface area contributed by atoms with Crippen LogP contribution < -0.4 is 0 Å². The Labute approximate surface area is 154 Å². The Kier molecular flexibility index (Phi) is 3.78. The number of hydrogen-bond acceptors (Lipinski definition) is 6. The molecular formula is C17H16ClN5OS. The number of thioether (sulfide) groups is 1. The van der Waals surface area contributed by atoms with Gasteiger partial charge in [-0.3, -0.25) is 0 Å². The Morgan fingerprint density at radius 2 is 2.08 bits per heavy atom. The first-order valence-corrected chi connectivity index (χ1v) is 9.80. The van der Waals surface area contributed by atoms with Gasteiger partial charge in [0.2, 0.25) is 11.7 Å². The molecule has 5 rings (SSSR count). The van der Waals surface area contributed by atoms with E-state index in [1.54, 1.807) is 11.8 Å². The topological polar surface area (TPSA) is 69.6 Å². The van der Waals surface area contributed by atoms with Crippen molar-refractivity contribution in [1.82, 2.24) is 24.9 Å². The van der Waals surface area contributed by atoms with E-state index in [1.165, 1.54) is 25.7 Å². The molecule has 2 aliphatic rings. The lowest BCUT2D eigenvalue weighted by Crippen LogP contribution is -2.01. The Bertz CT molecular complexity index is 915. The van der Waals surface area contributed by atoms with Gasteiger partial charge in [0.1, 0.15) is 5.82 Å². The first-order valence-electron chi connectivity index (χ1n) is 8.44. The van der Waals surface area contributed by atoms with Crippen molar-refractivity contribution in [2.45, 2.75) is 48.6 Å². The highest BCUT2D eigenvalue weighted by molar-refractivity contribution is 7.98. The van der Waals surface area contributed by atoms with Crippen molar-refractivity contribution in [2.75, 3.05) is 0 Å². The maximum Gasteiger partial charge on any atom is 0.237 e. The summed E-state index contributed by atoms with van der Waals surface area (Å²) in [6.45, 7) is 0. The molecule has 0 spiro atoms. The van der Waals surface area contributed by atoms with E-state index in [0.717, 1.165) is 16.5 Å². The molecule has 0 bridgehead atoms. The van der Waals surface area contributed by atoms with E-state index in [-0.39, 0.29) is 0 Å². The second kappa shape index (κ2) is 6.14. The molecule has 0 atom stereocenters. The molecule has 2 fully saturated rings. The van der Waals surface area contributed by atoms with Crippen LogP contribution in [0.4, 0.5) is 0 Å². The molecule has 2 aromatic heterocycles. The molecule has 1 aromatic carbocycles. The van der Waals surface area contributed by atoms with Gasteiger partial charge in [-0.25, -0.2) is 0 Å². The van der Waals surface area contributed by atoms with E-state index in [2.05, 4.69) is 24.9 Å². The molecule has 25 heavy (non-hydrogen) atoms. The predicted octanol–water partition coefficient (Wildman–Crippen LogP) is 4.49. The molecule has 2 heterocycles. The number of benzene rings is 1. The Balaban J connectivity index is 1.32. The van der Waals surface area contributed by atoms with Gasteiger partial charge in [0, 0.05) is 22.5 Å². The Hall–Kier alpha value is -1.86. The fourth-order valence-electron chi connectivity index (χ4n) is 2.87. The molecule has 8 heteroatoms. The van der Waals surface area contributed by atoms with Gasteiger partial charge in [-0.1, -0.05) is 40.7 Å². The highest BCUT2D eigenvalue weighted by atomic mass is 35.5. The molecule has 0 amide bonds. The molecule has 0 aliphatic heterocycles. The smallest absolute Gasteiger partial charge is 0.237 e. The van der Waals surface area contributed by atoms with Crippen molar-refractivity contribution in [3.63, 3.8) is 0 Å². The second-order valence-corrected chi connectivity index (χ2v) is 7.91. The van der Waals surface area contributed by atoms with Crippen molar-refractivity contribution in [3.05, 3.63) is 41.0 Å². The standard InChI is InChI=1S/C17H16ClN5OS/c18-12-3-1-2-11(8-12)15-19-14(24-22-15)9-25-17-21-20-16(10-4-5-10)23(17)13-6-7-13/h1-3,8,10,13H,4-7,9H2. The lowest BCUT2D eigenvalue weighted by Gasteiger charge is -2.06. The van der Waals surface area contributed by atoms with Crippen molar-refractivity contribution in [1.29, 1.82) is 0 Å². The molecular weight excluding hydrogens is 358 g/mol. The molecule has 0 saturated heterocycles. The third-order valence-electron chi connectivity index (χ3n) is 4.42. The Morgan fingerprint density at radius 1 is 1.20 bits per heavy atom. The van der Waals surface area contributed by atoms with Crippen LogP contribution in [-0.4, -0.2) is 24.9 Å². The summed E-state index contributed by atoms with van der Waals surface area (Å²) in [7, 11) is 0. The minimum absolute atomic E-state index is 0.556. The van der Waals surface area contributed by atoms with Gasteiger partial charge < -0.3 is 9.09 Å². The largest absolute Gasteiger partial charge is 0.338 e. The zero-order valence-electron chi connectivity index (χ0n) is 13.4. The molecule has 2 saturated carbocycles. The van der Waals surface area contributed by atoms with Crippen molar-refractivity contribution in [3.8, 4) is 11.4 Å². The van der Waals surface area contributed by atoms with Gasteiger partial charge in [-0.05, 0) is 37.8 Å². The van der Waals surface area contributed by atoms with E-state index in [0.29, 0.717) is 34.5 Å². The summed E-state index contributed by atoms with van der Waals surface area (Å²) < 4.78 is 7.71. The van der Waals surface area contributed by atoms with Crippen molar-refractivity contribution < 1.29 is 4.52 Å². The molecule has 128 valence electrons. The van der Waals surface area contributed by atoms with Crippen LogP contribution in [0.3, 0.4) is 0 Å². The van der Waals surface area contributed by atoms with Crippen LogP contribution in [0.1, 0.15) is 49.4 Å². The zero-order valence-corrected chi connectivity index (χ0v) is 15.0. The van der Waals surface area contributed by atoms with Gasteiger partial charge in [-0.15, -0.1) is 10.2 Å². The van der Waals surface area contributed by atoms with Gasteiger partial charge in [-0.2, -0.15) is 4.98 Å². The summed E-state index contributed by atoms with van der Waals surface area (Å²) in [5.41, 5.74) is 0.852. The predicted molar refractivity (Wildman–Crippen MR) is 94.6 cm³/mol. The van der Waals surface area contributed by atoms with Crippen LogP contribution in [-0.2, 0) is 5.75 Å². The summed E-state index contributed by atoms with van der Waals surface area (Å²) in [5.74, 6) is 3.50. The lowest BCUT2D eigenvalue weighted by atomic mass is 10.2. The van der Waals surface area contributed by atoms with E-state index >= 15 is 0 Å². The molecule has 3 aromatic rings. The van der Waals surface area contributed by atoms with E-state index in [1.807, 2.05) is 24.3 Å². The number of halogens is 1. The number of rotatable bonds is 6. The molecule has 0 radical (unpaired) electrons. The van der Waals surface area contributed by atoms with E-state index < -0.39 is 0 Å². The monoisotopic (exact) mass is 373 g/mol. The maximum atomic E-state index is 6.02. The number of nitrogens with zero attached hydrogens (tertiary/aromatic N) is 5. The highest BCUT2D eigenvalue weighted by Gasteiger charge is 2.36. The van der Waals surface area contributed by atoms with Crippen LogP contribution in [0.25, 0.3) is 11.4 Å². The van der Waals surface area contributed by atoms with Crippen LogP contribution in [0, 0.1) is 0 Å². The fourth-order valence-corrected chi connectivity index (χ4v) is 3.91. The lowest BCUT2D eigenvalue weighted by molar-refractivity contribution is 0.391. The summed E-state index contributed by atoms with van der Waals surface area (Å²) in [6, 6.07) is 8.02. The normalized spacial score (nSPS) is 17.2. The second-order valence-electron chi connectivity index (χ2n) is 6.53. The van der Waals surface area contributed by atoms with E-state index in [4.69, 9.17) is 16.1 Å². The average molecular weight is 374 g/mol. The van der Waals surface area contributed by atoms with Crippen molar-refractivity contribution >= 4 is 23.4 Å². The summed E-state index contributed by atoms with van der Waals surface area (Å²) in [4.78, 5) is 4.47. The molecule has 0 unspecified atom stereocenters. The SMILES string of the molecule is Clc1cccc(-c2noc(CSc3nnc(C4CC4)n3C3CC3)n2)c1. The van der Waals surface area contributed by atoms with Crippen molar-refractivity contribution in [2.24, 2.45) is 0 Å².